The average Bonchev–Trinajstić information content (AvgIpc) is 2.63. The van der Waals surface area contributed by atoms with Crippen LogP contribution in [0.3, 0.4) is 0 Å². The molecular formula is C18H31IN4O2. The van der Waals surface area contributed by atoms with Crippen molar-refractivity contribution in [2.24, 2.45) is 10.9 Å². The van der Waals surface area contributed by atoms with Crippen LogP contribution >= 0.6 is 24.0 Å². The molecule has 0 aliphatic carbocycles. The largest absolute Gasteiger partial charge is 0.492 e. The van der Waals surface area contributed by atoms with E-state index in [9.17, 15) is 0 Å². The Hall–Kier alpha value is -1.06. The molecule has 1 atom stereocenters. The Bertz CT molecular complexity index is 481. The molecule has 0 spiro atoms. The summed E-state index contributed by atoms with van der Waals surface area (Å²) in [4.78, 5) is 6.71. The Kier molecular flexibility index (Phi) is 11.6. The van der Waals surface area contributed by atoms with E-state index < -0.39 is 0 Å². The molecule has 1 heterocycles. The smallest absolute Gasteiger partial charge is 0.191 e. The van der Waals surface area contributed by atoms with Gasteiger partial charge in [-0.15, -0.1) is 24.0 Å². The number of guanidine groups is 1. The molecule has 25 heavy (non-hydrogen) atoms. The third-order valence-corrected chi connectivity index (χ3v) is 3.92. The number of para-hydroxylation sites is 1. The monoisotopic (exact) mass is 462 g/mol. The highest BCUT2D eigenvalue weighted by Crippen LogP contribution is 2.07. The van der Waals surface area contributed by atoms with Gasteiger partial charge < -0.3 is 20.1 Å². The predicted molar refractivity (Wildman–Crippen MR) is 113 cm³/mol. The minimum absolute atomic E-state index is 0. The van der Waals surface area contributed by atoms with E-state index in [-0.39, 0.29) is 24.0 Å². The fourth-order valence-electron chi connectivity index (χ4n) is 2.64. The summed E-state index contributed by atoms with van der Waals surface area (Å²) in [6, 6.07) is 9.84. The maximum Gasteiger partial charge on any atom is 0.191 e. The van der Waals surface area contributed by atoms with Crippen molar-refractivity contribution in [3.05, 3.63) is 30.3 Å². The van der Waals surface area contributed by atoms with E-state index in [0.717, 1.165) is 51.1 Å². The Morgan fingerprint density at radius 3 is 2.64 bits per heavy atom. The fourth-order valence-corrected chi connectivity index (χ4v) is 2.64. The number of hydrogen-bond donors (Lipinski definition) is 2. The van der Waals surface area contributed by atoms with Crippen LogP contribution in [0.5, 0.6) is 5.75 Å². The van der Waals surface area contributed by atoms with Crippen molar-refractivity contribution in [2.45, 2.75) is 6.92 Å². The first-order chi connectivity index (χ1) is 11.8. The number of morpholine rings is 1. The summed E-state index contributed by atoms with van der Waals surface area (Å²) < 4.78 is 11.0. The van der Waals surface area contributed by atoms with E-state index in [1.165, 1.54) is 0 Å². The summed E-state index contributed by atoms with van der Waals surface area (Å²) in [5.41, 5.74) is 0. The van der Waals surface area contributed by atoms with Crippen LogP contribution in [0.2, 0.25) is 0 Å². The zero-order chi connectivity index (χ0) is 17.0. The van der Waals surface area contributed by atoms with Gasteiger partial charge in [0.05, 0.1) is 19.8 Å². The van der Waals surface area contributed by atoms with E-state index in [1.54, 1.807) is 7.05 Å². The molecule has 142 valence electrons. The first kappa shape index (κ1) is 22.0. The number of hydrogen-bond acceptors (Lipinski definition) is 4. The molecular weight excluding hydrogens is 431 g/mol. The second-order valence-corrected chi connectivity index (χ2v) is 6.06. The molecule has 2 N–H and O–H groups in total. The van der Waals surface area contributed by atoms with Crippen LogP contribution < -0.4 is 15.4 Å². The molecule has 6 nitrogen and oxygen atoms in total. The number of ether oxygens (including phenoxy) is 2. The van der Waals surface area contributed by atoms with Gasteiger partial charge in [0.15, 0.2) is 5.96 Å². The highest BCUT2D eigenvalue weighted by Gasteiger charge is 2.13. The molecule has 1 aromatic carbocycles. The van der Waals surface area contributed by atoms with Gasteiger partial charge in [-0.2, -0.15) is 0 Å². The lowest BCUT2D eigenvalue weighted by Crippen LogP contribution is -2.44. The molecule has 1 saturated heterocycles. The van der Waals surface area contributed by atoms with Crippen molar-refractivity contribution in [3.8, 4) is 5.75 Å². The van der Waals surface area contributed by atoms with Crippen LogP contribution in [-0.4, -0.2) is 70.5 Å². The van der Waals surface area contributed by atoms with Crippen LogP contribution in [0, 0.1) is 5.92 Å². The summed E-state index contributed by atoms with van der Waals surface area (Å²) in [5.74, 6) is 2.27. The third kappa shape index (κ3) is 9.27. The van der Waals surface area contributed by atoms with Gasteiger partial charge in [0.2, 0.25) is 0 Å². The van der Waals surface area contributed by atoms with Gasteiger partial charge in [0.1, 0.15) is 12.4 Å². The second-order valence-electron chi connectivity index (χ2n) is 6.06. The lowest BCUT2D eigenvalue weighted by atomic mass is 10.1. The molecule has 0 aromatic heterocycles. The number of aliphatic imine (C=N–C) groups is 1. The Morgan fingerprint density at radius 2 is 1.96 bits per heavy atom. The Morgan fingerprint density at radius 1 is 1.24 bits per heavy atom. The standard InChI is InChI=1S/C18H30N4O2.HI/c1-16(15-22-9-12-23-13-10-22)14-21-18(19-2)20-8-11-24-17-6-4-3-5-7-17;/h3-7,16H,8-15H2,1-2H3,(H2,19,20,21);1H. The van der Waals surface area contributed by atoms with E-state index in [4.69, 9.17) is 9.47 Å². The molecule has 0 radical (unpaired) electrons. The third-order valence-electron chi connectivity index (χ3n) is 3.92. The molecule has 1 fully saturated rings. The second kappa shape index (κ2) is 13.2. The van der Waals surface area contributed by atoms with Crippen LogP contribution in [0.25, 0.3) is 0 Å². The average molecular weight is 462 g/mol. The zero-order valence-electron chi connectivity index (χ0n) is 15.2. The van der Waals surface area contributed by atoms with Crippen molar-refractivity contribution in [3.63, 3.8) is 0 Å². The van der Waals surface area contributed by atoms with Gasteiger partial charge in [-0.25, -0.2) is 0 Å². The molecule has 1 unspecified atom stereocenters. The van der Waals surface area contributed by atoms with Crippen LogP contribution in [0.1, 0.15) is 6.92 Å². The highest BCUT2D eigenvalue weighted by molar-refractivity contribution is 14.0. The number of rotatable bonds is 8. The minimum Gasteiger partial charge on any atom is -0.492 e. The predicted octanol–water partition coefficient (Wildman–Crippen LogP) is 1.82. The van der Waals surface area contributed by atoms with Crippen molar-refractivity contribution in [1.82, 2.24) is 15.5 Å². The highest BCUT2D eigenvalue weighted by atomic mass is 127. The lowest BCUT2D eigenvalue weighted by molar-refractivity contribution is 0.0320. The number of halogens is 1. The molecule has 0 saturated carbocycles. The fraction of sp³-hybridized carbons (Fsp3) is 0.611. The van der Waals surface area contributed by atoms with Gasteiger partial charge in [-0.3, -0.25) is 9.89 Å². The van der Waals surface area contributed by atoms with E-state index in [0.29, 0.717) is 19.1 Å². The van der Waals surface area contributed by atoms with Gasteiger partial charge in [-0.05, 0) is 18.1 Å². The first-order valence-electron chi connectivity index (χ1n) is 8.70. The molecule has 1 aromatic rings. The van der Waals surface area contributed by atoms with E-state index in [2.05, 4.69) is 27.4 Å². The van der Waals surface area contributed by atoms with Crippen LogP contribution in [0.15, 0.2) is 35.3 Å². The molecule has 2 rings (SSSR count). The van der Waals surface area contributed by atoms with Crippen molar-refractivity contribution < 1.29 is 9.47 Å². The number of nitrogens with one attached hydrogen (secondary N) is 2. The van der Waals surface area contributed by atoms with Gasteiger partial charge in [0.25, 0.3) is 0 Å². The van der Waals surface area contributed by atoms with Gasteiger partial charge in [0, 0.05) is 33.2 Å². The van der Waals surface area contributed by atoms with Crippen LogP contribution in [-0.2, 0) is 4.74 Å². The SMILES string of the molecule is CN=C(NCCOc1ccccc1)NCC(C)CN1CCOCC1.I. The van der Waals surface area contributed by atoms with Crippen molar-refractivity contribution >= 4 is 29.9 Å². The summed E-state index contributed by atoms with van der Waals surface area (Å²) in [6.07, 6.45) is 0. The van der Waals surface area contributed by atoms with Crippen LogP contribution in [0.4, 0.5) is 0 Å². The van der Waals surface area contributed by atoms with Gasteiger partial charge >= 0.3 is 0 Å². The van der Waals surface area contributed by atoms with Crippen molar-refractivity contribution in [1.29, 1.82) is 0 Å². The summed E-state index contributed by atoms with van der Waals surface area (Å²) in [7, 11) is 1.79. The Balaban J connectivity index is 0.00000312. The molecule has 1 aliphatic rings. The lowest BCUT2D eigenvalue weighted by Gasteiger charge is -2.29. The minimum atomic E-state index is 0. The molecule has 7 heteroatoms. The maximum absolute atomic E-state index is 5.66. The van der Waals surface area contributed by atoms with E-state index in [1.807, 2.05) is 30.3 Å². The van der Waals surface area contributed by atoms with Gasteiger partial charge in [-0.1, -0.05) is 25.1 Å². The quantitative estimate of drug-likeness (QED) is 0.267. The normalized spacial score (nSPS) is 16.6. The zero-order valence-corrected chi connectivity index (χ0v) is 17.6. The molecule has 1 aliphatic heterocycles. The maximum atomic E-state index is 5.66. The molecule has 0 bridgehead atoms. The molecule has 0 amide bonds. The topological polar surface area (TPSA) is 58.1 Å². The number of benzene rings is 1. The summed E-state index contributed by atoms with van der Waals surface area (Å²) >= 11 is 0. The van der Waals surface area contributed by atoms with E-state index >= 15 is 0 Å². The number of nitrogens with zero attached hydrogens (tertiary/aromatic N) is 2. The summed E-state index contributed by atoms with van der Waals surface area (Å²) in [5, 5.41) is 6.66. The first-order valence-corrected chi connectivity index (χ1v) is 8.70. The summed E-state index contributed by atoms with van der Waals surface area (Å²) in [6.45, 7) is 9.34. The Labute approximate surface area is 168 Å². The van der Waals surface area contributed by atoms with Crippen molar-refractivity contribution in [2.75, 3.05) is 59.6 Å².